The van der Waals surface area contributed by atoms with Gasteiger partial charge in [-0.05, 0) is 19.3 Å². The van der Waals surface area contributed by atoms with E-state index in [1.807, 2.05) is 6.08 Å². The Kier molecular flexibility index (Phi) is 32.1. The molecule has 0 radical (unpaired) electrons. The fourth-order valence-electron chi connectivity index (χ4n) is 8.17. The second-order valence-electron chi connectivity index (χ2n) is 17.6. The van der Waals surface area contributed by atoms with Gasteiger partial charge >= 0.3 is 0 Å². The van der Waals surface area contributed by atoms with Crippen LogP contribution in [-0.2, 0) is 23.7 Å². The maximum absolute atomic E-state index is 13.1. The number of aliphatic hydroxyl groups excluding tert-OH is 8. The van der Waals surface area contributed by atoms with Crippen molar-refractivity contribution in [3.63, 3.8) is 0 Å². The Morgan fingerprint density at radius 3 is 1.51 bits per heavy atom. The molecule has 2 aliphatic rings. The normalized spacial score (nSPS) is 28.0. The number of allylic oxidation sites excluding steroid dienone is 1. The first-order valence-corrected chi connectivity index (χ1v) is 24.4. The van der Waals surface area contributed by atoms with Gasteiger partial charge in [-0.15, -0.1) is 0 Å². The molecule has 0 aromatic heterocycles. The fourth-order valence-corrected chi connectivity index (χ4v) is 8.17. The first kappa shape index (κ1) is 55.9. The molecule has 0 saturated carbocycles. The van der Waals surface area contributed by atoms with Crippen LogP contribution in [0.2, 0.25) is 0 Å². The number of aliphatic hydroxyl groups is 8. The Morgan fingerprint density at radius 1 is 0.574 bits per heavy atom. The zero-order chi connectivity index (χ0) is 44.7. The lowest BCUT2D eigenvalue weighted by Gasteiger charge is -2.46. The van der Waals surface area contributed by atoms with Gasteiger partial charge < -0.3 is 65.1 Å². The van der Waals surface area contributed by atoms with E-state index in [1.165, 1.54) is 122 Å². The first-order valence-electron chi connectivity index (χ1n) is 24.4. The minimum Gasteiger partial charge on any atom is -0.394 e. The van der Waals surface area contributed by atoms with Crippen molar-refractivity contribution in [2.45, 2.75) is 261 Å². The van der Waals surface area contributed by atoms with Crippen LogP contribution < -0.4 is 5.32 Å². The molecule has 14 heteroatoms. The summed E-state index contributed by atoms with van der Waals surface area (Å²) in [5.41, 5.74) is 0. The van der Waals surface area contributed by atoms with Crippen LogP contribution in [0, 0.1) is 0 Å². The van der Waals surface area contributed by atoms with Crippen molar-refractivity contribution >= 4 is 5.91 Å². The quantitative estimate of drug-likeness (QED) is 0.0274. The molecule has 9 N–H and O–H groups in total. The van der Waals surface area contributed by atoms with E-state index in [2.05, 4.69) is 19.2 Å². The van der Waals surface area contributed by atoms with Gasteiger partial charge in [-0.2, -0.15) is 0 Å². The molecule has 2 rings (SSSR count). The first-order chi connectivity index (χ1) is 29.6. The summed E-state index contributed by atoms with van der Waals surface area (Å²) < 4.78 is 22.7. The van der Waals surface area contributed by atoms with Crippen molar-refractivity contribution in [1.29, 1.82) is 0 Å². The van der Waals surface area contributed by atoms with E-state index in [1.54, 1.807) is 6.08 Å². The summed E-state index contributed by atoms with van der Waals surface area (Å²) in [6.45, 7) is 2.77. The van der Waals surface area contributed by atoms with Crippen LogP contribution in [0.25, 0.3) is 0 Å². The van der Waals surface area contributed by atoms with Gasteiger partial charge in [0.25, 0.3) is 0 Å². The second-order valence-corrected chi connectivity index (χ2v) is 17.6. The third kappa shape index (κ3) is 23.0. The molecule has 0 aliphatic carbocycles. The number of rotatable bonds is 37. The molecule has 0 aromatic carbocycles. The lowest BCUT2D eigenvalue weighted by molar-refractivity contribution is -0.359. The SMILES string of the molecule is CCCCCCCCCCCCC/C=C/[C@@H](O)[C@H](CO[C@@H]1O[C@H](CO)[C@@H](O[C@@H]2O[C@H](CO)[C@H](O)[C@H](O)[C@H]2O)[C@H](O)[C@H]1O)NC(=O)CCCCCCCCCCCCCCCC. The van der Waals surface area contributed by atoms with Crippen molar-refractivity contribution in [2.75, 3.05) is 19.8 Å². The van der Waals surface area contributed by atoms with Crippen LogP contribution in [0.15, 0.2) is 12.2 Å². The smallest absolute Gasteiger partial charge is 0.220 e. The van der Waals surface area contributed by atoms with Crippen molar-refractivity contribution in [3.8, 4) is 0 Å². The van der Waals surface area contributed by atoms with Gasteiger partial charge in [-0.3, -0.25) is 4.79 Å². The van der Waals surface area contributed by atoms with E-state index in [0.717, 1.165) is 38.5 Å². The molecule has 0 aromatic rings. The maximum Gasteiger partial charge on any atom is 0.220 e. The molecule has 2 heterocycles. The van der Waals surface area contributed by atoms with Gasteiger partial charge in [0.1, 0.15) is 48.8 Å². The van der Waals surface area contributed by atoms with E-state index in [4.69, 9.17) is 18.9 Å². The Labute approximate surface area is 367 Å². The van der Waals surface area contributed by atoms with E-state index in [-0.39, 0.29) is 18.9 Å². The van der Waals surface area contributed by atoms with Crippen LogP contribution >= 0.6 is 0 Å². The predicted octanol–water partition coefficient (Wildman–Crippen LogP) is 5.60. The molecular formula is C47H89NO13. The van der Waals surface area contributed by atoms with Gasteiger partial charge in [0, 0.05) is 6.42 Å². The minimum absolute atomic E-state index is 0.239. The molecule has 2 saturated heterocycles. The summed E-state index contributed by atoms with van der Waals surface area (Å²) in [5, 5.41) is 86.6. The average molecular weight is 876 g/mol. The van der Waals surface area contributed by atoms with E-state index >= 15 is 0 Å². The number of amides is 1. The summed E-state index contributed by atoms with van der Waals surface area (Å²) in [7, 11) is 0. The lowest BCUT2D eigenvalue weighted by Crippen LogP contribution is -2.65. The Morgan fingerprint density at radius 2 is 1.02 bits per heavy atom. The van der Waals surface area contributed by atoms with Gasteiger partial charge in [-0.25, -0.2) is 0 Å². The highest BCUT2D eigenvalue weighted by Crippen LogP contribution is 2.30. The van der Waals surface area contributed by atoms with Gasteiger partial charge in [0.15, 0.2) is 12.6 Å². The van der Waals surface area contributed by atoms with E-state index in [9.17, 15) is 45.6 Å². The number of hydrogen-bond donors (Lipinski definition) is 9. The van der Waals surface area contributed by atoms with E-state index in [0.29, 0.717) is 6.42 Å². The van der Waals surface area contributed by atoms with Gasteiger partial charge in [-0.1, -0.05) is 174 Å². The molecular weight excluding hydrogens is 787 g/mol. The number of carbonyl (C=O) groups excluding carboxylic acids is 1. The standard InChI is InChI=1S/C47H89NO13/c1-3-5-7-9-11-13-15-17-19-21-23-25-27-29-31-39(52)48-35(36(51)30-28-26-24-22-20-18-16-14-12-10-8-6-4-2)34-58-46-44(57)42(55)45(38(33-50)60-46)61-47-43(56)41(54)40(53)37(32-49)59-47/h28,30,35-38,40-47,49-51,53-57H,3-27,29,31-34H2,1-2H3,(H,48,52)/b30-28+/t35-,36+,37+,38+,40-,41-,42+,43+,44+,45+,46+,47-/m0/s1. The minimum atomic E-state index is -1.78. The monoisotopic (exact) mass is 876 g/mol. The molecule has 1 amide bonds. The van der Waals surface area contributed by atoms with Crippen LogP contribution in [-0.4, -0.2) is 140 Å². The van der Waals surface area contributed by atoms with Crippen molar-refractivity contribution in [1.82, 2.24) is 5.32 Å². The number of nitrogens with one attached hydrogen (secondary N) is 1. The molecule has 61 heavy (non-hydrogen) atoms. The highest BCUT2D eigenvalue weighted by Gasteiger charge is 2.51. The summed E-state index contributed by atoms with van der Waals surface area (Å²) in [6.07, 6.45) is 18.2. The highest BCUT2D eigenvalue weighted by atomic mass is 16.7. The van der Waals surface area contributed by atoms with Crippen LogP contribution in [0.4, 0.5) is 0 Å². The van der Waals surface area contributed by atoms with E-state index < -0.39 is 86.8 Å². The second kappa shape index (κ2) is 35.0. The molecule has 12 atom stereocenters. The molecule has 0 unspecified atom stereocenters. The third-order valence-corrected chi connectivity index (χ3v) is 12.2. The zero-order valence-corrected chi connectivity index (χ0v) is 37.9. The van der Waals surface area contributed by atoms with Crippen molar-refractivity contribution in [2.24, 2.45) is 0 Å². The summed E-state index contributed by atoms with van der Waals surface area (Å²) >= 11 is 0. The Bertz CT molecular complexity index is 1080. The largest absolute Gasteiger partial charge is 0.394 e. The number of ether oxygens (including phenoxy) is 4. The summed E-state index contributed by atoms with van der Waals surface area (Å²) in [4.78, 5) is 13.1. The number of carbonyl (C=O) groups is 1. The van der Waals surface area contributed by atoms with Crippen molar-refractivity contribution in [3.05, 3.63) is 12.2 Å². The Hall–Kier alpha value is -1.27. The number of hydrogen-bond acceptors (Lipinski definition) is 13. The summed E-state index contributed by atoms with van der Waals surface area (Å²) in [6, 6.07) is -0.906. The highest BCUT2D eigenvalue weighted by molar-refractivity contribution is 5.76. The molecule has 360 valence electrons. The molecule has 0 bridgehead atoms. The molecule has 14 nitrogen and oxygen atoms in total. The van der Waals surface area contributed by atoms with Crippen molar-refractivity contribution < 1.29 is 64.6 Å². The topological polar surface area (TPSA) is 228 Å². The molecule has 0 spiro atoms. The average Bonchev–Trinajstić information content (AvgIpc) is 3.26. The Balaban J connectivity index is 1.88. The van der Waals surface area contributed by atoms with Gasteiger partial charge in [0.2, 0.25) is 5.91 Å². The zero-order valence-electron chi connectivity index (χ0n) is 37.9. The summed E-state index contributed by atoms with van der Waals surface area (Å²) in [5.74, 6) is -0.239. The van der Waals surface area contributed by atoms with Crippen LogP contribution in [0.1, 0.15) is 187 Å². The third-order valence-electron chi connectivity index (χ3n) is 12.2. The number of unbranched alkanes of at least 4 members (excludes halogenated alkanes) is 24. The predicted molar refractivity (Wildman–Crippen MR) is 235 cm³/mol. The molecule has 2 fully saturated rings. The lowest BCUT2D eigenvalue weighted by atomic mass is 9.97. The maximum atomic E-state index is 13.1. The fraction of sp³-hybridized carbons (Fsp3) is 0.936. The molecule has 2 aliphatic heterocycles. The van der Waals surface area contributed by atoms with Crippen LogP contribution in [0.5, 0.6) is 0 Å². The van der Waals surface area contributed by atoms with Gasteiger partial charge in [0.05, 0.1) is 32.0 Å². The van der Waals surface area contributed by atoms with Crippen LogP contribution in [0.3, 0.4) is 0 Å².